The SMILES string of the molecule is O=[N+]([O-])c1ccsc1NCCc1nnc2ccccn12. The van der Waals surface area contributed by atoms with Crippen molar-refractivity contribution in [1.29, 1.82) is 0 Å². The van der Waals surface area contributed by atoms with Crippen LogP contribution in [-0.2, 0) is 6.42 Å². The van der Waals surface area contributed by atoms with E-state index in [0.717, 1.165) is 11.5 Å². The van der Waals surface area contributed by atoms with Crippen LogP contribution in [-0.4, -0.2) is 26.1 Å². The molecule has 7 nitrogen and oxygen atoms in total. The Labute approximate surface area is 118 Å². The second-order valence-electron chi connectivity index (χ2n) is 4.11. The van der Waals surface area contributed by atoms with E-state index in [-0.39, 0.29) is 10.6 Å². The summed E-state index contributed by atoms with van der Waals surface area (Å²) in [6, 6.07) is 7.20. The van der Waals surface area contributed by atoms with Crippen molar-refractivity contribution < 1.29 is 4.92 Å². The third-order valence-corrected chi connectivity index (χ3v) is 3.72. The molecule has 0 fully saturated rings. The largest absolute Gasteiger partial charge is 0.371 e. The van der Waals surface area contributed by atoms with E-state index in [1.807, 2.05) is 28.8 Å². The van der Waals surface area contributed by atoms with Crippen LogP contribution in [0, 0.1) is 10.1 Å². The molecule has 3 aromatic rings. The van der Waals surface area contributed by atoms with Gasteiger partial charge in [-0.3, -0.25) is 14.5 Å². The van der Waals surface area contributed by atoms with Gasteiger partial charge in [-0.25, -0.2) is 0 Å². The number of rotatable bonds is 5. The molecule has 0 atom stereocenters. The summed E-state index contributed by atoms with van der Waals surface area (Å²) in [5.41, 5.74) is 0.908. The van der Waals surface area contributed by atoms with Crippen LogP contribution in [0.2, 0.25) is 0 Å². The molecule has 8 heteroatoms. The maximum Gasteiger partial charge on any atom is 0.303 e. The van der Waals surface area contributed by atoms with Crippen LogP contribution in [0.5, 0.6) is 0 Å². The van der Waals surface area contributed by atoms with E-state index >= 15 is 0 Å². The van der Waals surface area contributed by atoms with Gasteiger partial charge in [0.1, 0.15) is 5.82 Å². The van der Waals surface area contributed by atoms with Crippen molar-refractivity contribution >= 4 is 27.7 Å². The van der Waals surface area contributed by atoms with Crippen LogP contribution in [0.1, 0.15) is 5.82 Å². The maximum atomic E-state index is 10.8. The van der Waals surface area contributed by atoms with Crippen molar-refractivity contribution in [3.63, 3.8) is 0 Å². The predicted octanol–water partition coefficient (Wildman–Crippen LogP) is 2.35. The lowest BCUT2D eigenvalue weighted by Gasteiger charge is -2.02. The zero-order valence-corrected chi connectivity index (χ0v) is 11.2. The molecule has 0 amide bonds. The van der Waals surface area contributed by atoms with Gasteiger partial charge >= 0.3 is 5.69 Å². The molecule has 0 unspecified atom stereocenters. The molecule has 102 valence electrons. The predicted molar refractivity (Wildman–Crippen MR) is 76.2 cm³/mol. The molecule has 0 aromatic carbocycles. The molecule has 20 heavy (non-hydrogen) atoms. The first-order chi connectivity index (χ1) is 9.75. The maximum absolute atomic E-state index is 10.8. The monoisotopic (exact) mass is 289 g/mol. The number of fused-ring (bicyclic) bond motifs is 1. The van der Waals surface area contributed by atoms with Crippen LogP contribution in [0.15, 0.2) is 35.8 Å². The van der Waals surface area contributed by atoms with Crippen molar-refractivity contribution in [2.24, 2.45) is 0 Å². The highest BCUT2D eigenvalue weighted by molar-refractivity contribution is 7.14. The molecule has 0 aliphatic carbocycles. The molecule has 0 saturated heterocycles. The average molecular weight is 289 g/mol. The summed E-state index contributed by atoms with van der Waals surface area (Å²) < 4.78 is 1.91. The zero-order valence-electron chi connectivity index (χ0n) is 10.4. The quantitative estimate of drug-likeness (QED) is 0.575. The van der Waals surface area contributed by atoms with Crippen molar-refractivity contribution in [1.82, 2.24) is 14.6 Å². The Kier molecular flexibility index (Phi) is 3.30. The number of anilines is 1. The number of hydrogen-bond acceptors (Lipinski definition) is 6. The molecular weight excluding hydrogens is 278 g/mol. The van der Waals surface area contributed by atoms with E-state index in [4.69, 9.17) is 0 Å². The van der Waals surface area contributed by atoms with E-state index in [1.54, 1.807) is 5.38 Å². The topological polar surface area (TPSA) is 85.4 Å². The van der Waals surface area contributed by atoms with Crippen LogP contribution >= 0.6 is 11.3 Å². The third kappa shape index (κ3) is 2.32. The van der Waals surface area contributed by atoms with E-state index in [0.29, 0.717) is 18.0 Å². The van der Waals surface area contributed by atoms with Crippen molar-refractivity contribution in [2.45, 2.75) is 6.42 Å². The number of nitrogens with zero attached hydrogens (tertiary/aromatic N) is 4. The van der Waals surface area contributed by atoms with Gasteiger partial charge in [-0.2, -0.15) is 0 Å². The van der Waals surface area contributed by atoms with Gasteiger partial charge in [0, 0.05) is 25.2 Å². The van der Waals surface area contributed by atoms with E-state index in [2.05, 4.69) is 15.5 Å². The van der Waals surface area contributed by atoms with Crippen LogP contribution in [0.3, 0.4) is 0 Å². The summed E-state index contributed by atoms with van der Waals surface area (Å²) in [5, 5.41) is 24.3. The summed E-state index contributed by atoms with van der Waals surface area (Å²) in [5.74, 6) is 0.826. The van der Waals surface area contributed by atoms with Gasteiger partial charge in [-0.05, 0) is 17.5 Å². The molecular formula is C12H11N5O2S. The lowest BCUT2D eigenvalue weighted by atomic mass is 10.4. The normalized spacial score (nSPS) is 10.8. The summed E-state index contributed by atoms with van der Waals surface area (Å²) >= 11 is 1.32. The summed E-state index contributed by atoms with van der Waals surface area (Å²) in [6.07, 6.45) is 2.54. The summed E-state index contributed by atoms with van der Waals surface area (Å²) in [6.45, 7) is 0.567. The smallest absolute Gasteiger partial charge is 0.303 e. The van der Waals surface area contributed by atoms with E-state index in [9.17, 15) is 10.1 Å². The van der Waals surface area contributed by atoms with Gasteiger partial charge in [0.2, 0.25) is 0 Å². The highest BCUT2D eigenvalue weighted by atomic mass is 32.1. The number of hydrogen-bond donors (Lipinski definition) is 1. The first-order valence-corrected chi connectivity index (χ1v) is 6.88. The molecule has 0 aliphatic heterocycles. The van der Waals surface area contributed by atoms with Gasteiger partial charge in [0.15, 0.2) is 10.6 Å². The van der Waals surface area contributed by atoms with Gasteiger partial charge in [0.05, 0.1) is 4.92 Å². The van der Waals surface area contributed by atoms with Crippen LogP contribution in [0.25, 0.3) is 5.65 Å². The Morgan fingerprint density at radius 2 is 2.25 bits per heavy atom. The molecule has 0 radical (unpaired) electrons. The fraction of sp³-hybridized carbons (Fsp3) is 0.167. The van der Waals surface area contributed by atoms with Crippen molar-refractivity contribution in [3.8, 4) is 0 Å². The van der Waals surface area contributed by atoms with Gasteiger partial charge in [0.25, 0.3) is 0 Å². The molecule has 3 aromatic heterocycles. The van der Waals surface area contributed by atoms with Crippen molar-refractivity contribution in [3.05, 3.63) is 51.8 Å². The molecule has 0 aliphatic rings. The minimum Gasteiger partial charge on any atom is -0.371 e. The zero-order chi connectivity index (χ0) is 13.9. The van der Waals surface area contributed by atoms with Gasteiger partial charge in [-0.1, -0.05) is 6.07 Å². The Balaban J connectivity index is 1.68. The van der Waals surface area contributed by atoms with Crippen molar-refractivity contribution in [2.75, 3.05) is 11.9 Å². The average Bonchev–Trinajstić information content (AvgIpc) is 3.06. The molecule has 3 heterocycles. The fourth-order valence-electron chi connectivity index (χ4n) is 1.93. The minimum absolute atomic E-state index is 0.112. The highest BCUT2D eigenvalue weighted by Gasteiger charge is 2.14. The molecule has 0 saturated carbocycles. The molecule has 1 N–H and O–H groups in total. The number of nitrogens with one attached hydrogen (secondary N) is 1. The summed E-state index contributed by atoms with van der Waals surface area (Å²) in [7, 11) is 0. The van der Waals surface area contributed by atoms with Gasteiger partial charge < -0.3 is 5.32 Å². The Hall–Kier alpha value is -2.48. The highest BCUT2D eigenvalue weighted by Crippen LogP contribution is 2.30. The van der Waals surface area contributed by atoms with Crippen LogP contribution < -0.4 is 5.32 Å². The Bertz CT molecular complexity index is 751. The second kappa shape index (κ2) is 5.25. The first kappa shape index (κ1) is 12.5. The Morgan fingerprint density at radius 1 is 1.35 bits per heavy atom. The standard InChI is InChI=1S/C12H11N5O2S/c18-17(19)9-5-8-20-12(9)13-6-4-11-15-14-10-3-1-2-7-16(10)11/h1-3,5,7-8,13H,4,6H2. The number of nitro groups is 1. The molecule has 0 bridgehead atoms. The van der Waals surface area contributed by atoms with E-state index in [1.165, 1.54) is 17.4 Å². The lowest BCUT2D eigenvalue weighted by molar-refractivity contribution is -0.383. The van der Waals surface area contributed by atoms with Gasteiger partial charge in [-0.15, -0.1) is 21.5 Å². The number of aromatic nitrogens is 3. The minimum atomic E-state index is -0.384. The lowest BCUT2D eigenvalue weighted by Crippen LogP contribution is -2.07. The first-order valence-electron chi connectivity index (χ1n) is 6.00. The fourth-order valence-corrected chi connectivity index (χ4v) is 2.71. The summed E-state index contributed by atoms with van der Waals surface area (Å²) in [4.78, 5) is 10.4. The number of thiophene rings is 1. The molecule has 0 spiro atoms. The number of pyridine rings is 1. The van der Waals surface area contributed by atoms with E-state index < -0.39 is 0 Å². The van der Waals surface area contributed by atoms with Crippen LogP contribution in [0.4, 0.5) is 10.7 Å². The third-order valence-electron chi connectivity index (χ3n) is 2.86. The molecule has 3 rings (SSSR count). The second-order valence-corrected chi connectivity index (χ2v) is 5.03. The Morgan fingerprint density at radius 3 is 3.10 bits per heavy atom.